The Hall–Kier alpha value is -1.66. The second kappa shape index (κ2) is 9.02. The third-order valence-electron chi connectivity index (χ3n) is 5.28. The molecular formula is C21H30N2O3S. The van der Waals surface area contributed by atoms with Crippen molar-refractivity contribution in [2.75, 3.05) is 25.9 Å². The number of nitrogens with zero attached hydrogens (tertiary/aromatic N) is 2. The molecular weight excluding hydrogens is 360 g/mol. The Kier molecular flexibility index (Phi) is 6.71. The van der Waals surface area contributed by atoms with Crippen molar-refractivity contribution in [1.29, 1.82) is 0 Å². The molecule has 1 aromatic rings. The molecule has 1 heterocycles. The number of ether oxygens (including phenoxy) is 1. The summed E-state index contributed by atoms with van der Waals surface area (Å²) in [6.45, 7) is 2.62. The van der Waals surface area contributed by atoms with Crippen LogP contribution in [-0.4, -0.2) is 50.4 Å². The lowest BCUT2D eigenvalue weighted by molar-refractivity contribution is 0.155. The van der Waals surface area contributed by atoms with Crippen LogP contribution >= 0.6 is 0 Å². The maximum Gasteiger partial charge on any atom is 0.214 e. The molecule has 6 heteroatoms. The third-order valence-corrected chi connectivity index (χ3v) is 7.27. The van der Waals surface area contributed by atoms with Gasteiger partial charge in [-0.05, 0) is 49.8 Å². The normalized spacial score (nSPS) is 21.3. The zero-order valence-electron chi connectivity index (χ0n) is 16.4. The predicted octanol–water partition coefficient (Wildman–Crippen LogP) is 3.91. The first kappa shape index (κ1) is 20.1. The van der Waals surface area contributed by atoms with Gasteiger partial charge in [-0.2, -0.15) is 4.31 Å². The Bertz CT molecular complexity index is 791. The Labute approximate surface area is 163 Å². The molecule has 27 heavy (non-hydrogen) atoms. The summed E-state index contributed by atoms with van der Waals surface area (Å²) in [7, 11) is -1.50. The molecule has 0 N–H and O–H groups in total. The van der Waals surface area contributed by atoms with Gasteiger partial charge in [-0.15, -0.1) is 0 Å². The van der Waals surface area contributed by atoms with Crippen molar-refractivity contribution in [1.82, 2.24) is 4.31 Å². The fourth-order valence-corrected chi connectivity index (χ4v) is 5.19. The quantitative estimate of drug-likeness (QED) is 0.740. The molecule has 0 spiro atoms. The molecule has 5 nitrogen and oxygen atoms in total. The highest BCUT2D eigenvalue weighted by Crippen LogP contribution is 2.27. The van der Waals surface area contributed by atoms with Crippen LogP contribution in [0.3, 0.4) is 0 Å². The van der Waals surface area contributed by atoms with Crippen LogP contribution in [0.1, 0.15) is 51.0 Å². The van der Waals surface area contributed by atoms with Crippen LogP contribution in [0.25, 0.3) is 5.57 Å². The number of aliphatic imine (C=N–C) groups is 1. The smallest absolute Gasteiger partial charge is 0.214 e. The van der Waals surface area contributed by atoms with Gasteiger partial charge < -0.3 is 4.74 Å². The SMILES string of the molecule is CCCS(=O)(=O)N1CC=C(c2ccc(OC3CCCCC3)cc2)C(=NC)C1. The van der Waals surface area contributed by atoms with Crippen molar-refractivity contribution < 1.29 is 13.2 Å². The average molecular weight is 391 g/mol. The molecule has 0 radical (unpaired) electrons. The highest BCUT2D eigenvalue weighted by molar-refractivity contribution is 7.89. The van der Waals surface area contributed by atoms with Crippen molar-refractivity contribution in [3.05, 3.63) is 35.9 Å². The summed E-state index contributed by atoms with van der Waals surface area (Å²) >= 11 is 0. The van der Waals surface area contributed by atoms with Crippen LogP contribution in [0.5, 0.6) is 5.75 Å². The maximum atomic E-state index is 12.3. The molecule has 0 amide bonds. The third kappa shape index (κ3) is 4.99. The average Bonchev–Trinajstić information content (AvgIpc) is 2.69. The standard InChI is InChI=1S/C21H30N2O3S/c1-3-15-27(24,25)23-14-13-20(21(16-23)22-2)17-9-11-19(12-10-17)26-18-7-5-4-6-8-18/h9-13,18H,3-8,14-16H2,1-2H3. The number of hydrogen-bond acceptors (Lipinski definition) is 4. The Morgan fingerprint density at radius 3 is 2.48 bits per heavy atom. The molecule has 0 atom stereocenters. The molecule has 0 saturated heterocycles. The lowest BCUT2D eigenvalue weighted by Gasteiger charge is -2.27. The van der Waals surface area contributed by atoms with E-state index in [9.17, 15) is 8.42 Å². The summed E-state index contributed by atoms with van der Waals surface area (Å²) in [4.78, 5) is 4.36. The van der Waals surface area contributed by atoms with E-state index in [4.69, 9.17) is 4.74 Å². The molecule has 0 aromatic heterocycles. The summed E-state index contributed by atoms with van der Waals surface area (Å²) < 4.78 is 32.3. The van der Waals surface area contributed by atoms with Crippen molar-refractivity contribution in [2.24, 2.45) is 4.99 Å². The van der Waals surface area contributed by atoms with E-state index >= 15 is 0 Å². The van der Waals surface area contributed by atoms with E-state index in [1.165, 1.54) is 23.6 Å². The summed E-state index contributed by atoms with van der Waals surface area (Å²) in [6.07, 6.45) is 9.03. The second-order valence-corrected chi connectivity index (χ2v) is 9.39. The lowest BCUT2D eigenvalue weighted by Crippen LogP contribution is -2.40. The van der Waals surface area contributed by atoms with Crippen molar-refractivity contribution >= 4 is 21.3 Å². The second-order valence-electron chi connectivity index (χ2n) is 7.30. The monoisotopic (exact) mass is 390 g/mol. The van der Waals surface area contributed by atoms with Crippen molar-refractivity contribution in [3.8, 4) is 5.75 Å². The topological polar surface area (TPSA) is 59.0 Å². The van der Waals surface area contributed by atoms with Crippen molar-refractivity contribution in [3.63, 3.8) is 0 Å². The van der Waals surface area contributed by atoms with Crippen LogP contribution in [-0.2, 0) is 10.0 Å². The van der Waals surface area contributed by atoms with E-state index in [-0.39, 0.29) is 5.75 Å². The van der Waals surface area contributed by atoms with Gasteiger partial charge >= 0.3 is 0 Å². The molecule has 1 fully saturated rings. The largest absolute Gasteiger partial charge is 0.490 e. The zero-order chi connectivity index (χ0) is 19.3. The minimum absolute atomic E-state index is 0.181. The highest BCUT2D eigenvalue weighted by atomic mass is 32.2. The van der Waals surface area contributed by atoms with Gasteiger partial charge in [-0.25, -0.2) is 8.42 Å². The minimum Gasteiger partial charge on any atom is -0.490 e. The van der Waals surface area contributed by atoms with Gasteiger partial charge in [-0.1, -0.05) is 31.6 Å². The molecule has 1 aliphatic heterocycles. The first-order valence-corrected chi connectivity index (χ1v) is 11.6. The molecule has 0 bridgehead atoms. The molecule has 1 aromatic carbocycles. The molecule has 148 valence electrons. The number of rotatable bonds is 6. The fourth-order valence-electron chi connectivity index (χ4n) is 3.79. The Balaban J connectivity index is 1.72. The van der Waals surface area contributed by atoms with Gasteiger partial charge in [0.15, 0.2) is 0 Å². The van der Waals surface area contributed by atoms with E-state index in [0.29, 0.717) is 25.6 Å². The number of hydrogen-bond donors (Lipinski definition) is 0. The molecule has 3 rings (SSSR count). The maximum absolute atomic E-state index is 12.3. The van der Waals surface area contributed by atoms with Gasteiger partial charge in [-0.3, -0.25) is 4.99 Å². The van der Waals surface area contributed by atoms with Crippen LogP contribution in [0.2, 0.25) is 0 Å². The van der Waals surface area contributed by atoms with E-state index in [1.807, 2.05) is 37.3 Å². The Morgan fingerprint density at radius 1 is 1.15 bits per heavy atom. The molecule has 2 aliphatic rings. The van der Waals surface area contributed by atoms with E-state index in [2.05, 4.69) is 4.99 Å². The van der Waals surface area contributed by atoms with E-state index < -0.39 is 10.0 Å². The molecule has 0 unspecified atom stereocenters. The van der Waals surface area contributed by atoms with Crippen LogP contribution in [0.4, 0.5) is 0 Å². The first-order valence-electron chi connectivity index (χ1n) is 9.94. The van der Waals surface area contributed by atoms with Crippen LogP contribution in [0, 0.1) is 0 Å². The lowest BCUT2D eigenvalue weighted by atomic mass is 9.97. The summed E-state index contributed by atoms with van der Waals surface area (Å²) in [6, 6.07) is 8.12. The molecule has 1 saturated carbocycles. The minimum atomic E-state index is -3.22. The first-order chi connectivity index (χ1) is 13.0. The van der Waals surface area contributed by atoms with Gasteiger partial charge in [0.25, 0.3) is 0 Å². The number of sulfonamides is 1. The van der Waals surface area contributed by atoms with E-state index in [0.717, 1.165) is 35.4 Å². The van der Waals surface area contributed by atoms with Crippen molar-refractivity contribution in [2.45, 2.75) is 51.6 Å². The summed E-state index contributed by atoms with van der Waals surface area (Å²) in [5.74, 6) is 1.09. The number of benzene rings is 1. The zero-order valence-corrected chi connectivity index (χ0v) is 17.2. The Morgan fingerprint density at radius 2 is 1.85 bits per heavy atom. The fraction of sp³-hybridized carbons (Fsp3) is 0.571. The van der Waals surface area contributed by atoms with Gasteiger partial charge in [0.05, 0.1) is 24.1 Å². The predicted molar refractivity (Wildman–Crippen MR) is 111 cm³/mol. The summed E-state index contributed by atoms with van der Waals surface area (Å²) in [5, 5.41) is 0. The van der Waals surface area contributed by atoms with Gasteiger partial charge in [0.1, 0.15) is 5.75 Å². The van der Waals surface area contributed by atoms with Crippen LogP contribution in [0.15, 0.2) is 35.3 Å². The molecule has 1 aliphatic carbocycles. The van der Waals surface area contributed by atoms with Crippen LogP contribution < -0.4 is 4.74 Å². The highest BCUT2D eigenvalue weighted by Gasteiger charge is 2.27. The van der Waals surface area contributed by atoms with E-state index in [1.54, 1.807) is 7.05 Å². The summed E-state index contributed by atoms with van der Waals surface area (Å²) in [5.41, 5.74) is 2.88. The van der Waals surface area contributed by atoms with Gasteiger partial charge in [0.2, 0.25) is 10.0 Å². The van der Waals surface area contributed by atoms with Gasteiger partial charge in [0, 0.05) is 19.2 Å².